The highest BCUT2D eigenvalue weighted by Crippen LogP contribution is 2.56. The van der Waals surface area contributed by atoms with Crippen molar-refractivity contribution in [2.24, 2.45) is 5.92 Å². The molecule has 1 fully saturated rings. The van der Waals surface area contributed by atoms with E-state index in [-0.39, 0.29) is 23.1 Å². The normalized spacial score (nSPS) is 22.6. The molecule has 0 aliphatic carbocycles. The van der Waals surface area contributed by atoms with Crippen molar-refractivity contribution in [1.82, 2.24) is 15.5 Å². The lowest BCUT2D eigenvalue weighted by Crippen LogP contribution is -2.57. The van der Waals surface area contributed by atoms with Crippen LogP contribution in [-0.4, -0.2) is 58.0 Å². The van der Waals surface area contributed by atoms with Crippen molar-refractivity contribution in [3.8, 4) is 0 Å². The van der Waals surface area contributed by atoms with Gasteiger partial charge in [0.15, 0.2) is 0 Å². The van der Waals surface area contributed by atoms with E-state index < -0.39 is 16.8 Å². The van der Waals surface area contributed by atoms with E-state index in [1.807, 2.05) is 58.2 Å². The second kappa shape index (κ2) is 9.22. The van der Waals surface area contributed by atoms with Gasteiger partial charge in [0.2, 0.25) is 11.8 Å². The highest BCUT2D eigenvalue weighted by molar-refractivity contribution is 8.01. The topological polar surface area (TPSA) is 78.5 Å². The third-order valence-corrected chi connectivity index (χ3v) is 7.65. The van der Waals surface area contributed by atoms with Crippen molar-refractivity contribution in [2.75, 3.05) is 18.6 Å². The van der Waals surface area contributed by atoms with Crippen LogP contribution in [0.15, 0.2) is 24.3 Å². The minimum atomic E-state index is -0.637. The van der Waals surface area contributed by atoms with Crippen molar-refractivity contribution in [1.29, 1.82) is 0 Å². The Balaban J connectivity index is 1.80. The molecule has 2 N–H and O–H groups in total. The average Bonchev–Trinajstić information content (AvgIpc) is 3.12. The van der Waals surface area contributed by atoms with E-state index in [0.29, 0.717) is 24.4 Å². The molecule has 1 aromatic rings. The van der Waals surface area contributed by atoms with E-state index in [4.69, 9.17) is 0 Å². The molecule has 8 heteroatoms. The number of carbonyl (C=O) groups excluding carboxylic acids is 3. The number of amides is 3. The van der Waals surface area contributed by atoms with Crippen LogP contribution >= 0.6 is 23.5 Å². The summed E-state index contributed by atoms with van der Waals surface area (Å²) in [6.45, 7) is 8.62. The lowest BCUT2D eigenvalue weighted by Gasteiger charge is -2.31. The van der Waals surface area contributed by atoms with Gasteiger partial charge in [-0.25, -0.2) is 0 Å². The van der Waals surface area contributed by atoms with Crippen LogP contribution in [0.25, 0.3) is 0 Å². The van der Waals surface area contributed by atoms with Crippen molar-refractivity contribution >= 4 is 41.2 Å². The maximum Gasteiger partial charge on any atom is 0.256 e. The molecule has 2 aliphatic rings. The fraction of sp³-hybridized carbons (Fsp3) is 0.591. The van der Waals surface area contributed by atoms with Crippen molar-refractivity contribution in [2.45, 2.75) is 56.3 Å². The summed E-state index contributed by atoms with van der Waals surface area (Å²) in [5.74, 6) is 0.555. The zero-order valence-electron chi connectivity index (χ0n) is 18.2. The van der Waals surface area contributed by atoms with Gasteiger partial charge >= 0.3 is 0 Å². The molecule has 2 heterocycles. The quantitative estimate of drug-likeness (QED) is 0.638. The summed E-state index contributed by atoms with van der Waals surface area (Å²) in [6.07, 6.45) is 2.53. The van der Waals surface area contributed by atoms with Crippen molar-refractivity contribution in [3.05, 3.63) is 35.4 Å². The van der Waals surface area contributed by atoms with Crippen LogP contribution in [0.2, 0.25) is 0 Å². The Labute approximate surface area is 187 Å². The van der Waals surface area contributed by atoms with E-state index in [1.54, 1.807) is 28.4 Å². The summed E-state index contributed by atoms with van der Waals surface area (Å²) in [6, 6.07) is 6.31. The number of carbonyl (C=O) groups is 3. The van der Waals surface area contributed by atoms with Gasteiger partial charge in [-0.1, -0.05) is 32.0 Å². The molecule has 0 unspecified atom stereocenters. The molecule has 1 aromatic carbocycles. The molecule has 1 saturated heterocycles. The Bertz CT molecular complexity index is 828. The Morgan fingerprint density at radius 1 is 1.27 bits per heavy atom. The third kappa shape index (κ3) is 4.49. The molecule has 0 radical (unpaired) electrons. The van der Waals surface area contributed by atoms with Gasteiger partial charge in [-0.2, -0.15) is 11.8 Å². The molecule has 3 rings (SSSR count). The van der Waals surface area contributed by atoms with Gasteiger partial charge in [-0.15, -0.1) is 11.8 Å². The maximum absolute atomic E-state index is 13.4. The summed E-state index contributed by atoms with van der Waals surface area (Å²) < 4.78 is -0.462. The minimum absolute atomic E-state index is 0.112. The van der Waals surface area contributed by atoms with E-state index >= 15 is 0 Å². The molecular formula is C22H31N3O3S2. The van der Waals surface area contributed by atoms with Gasteiger partial charge in [-0.05, 0) is 49.8 Å². The number of thioether (sulfide) groups is 2. The van der Waals surface area contributed by atoms with Crippen LogP contribution in [0, 0.1) is 5.92 Å². The van der Waals surface area contributed by atoms with E-state index in [0.717, 1.165) is 11.3 Å². The summed E-state index contributed by atoms with van der Waals surface area (Å²) >= 11 is 3.27. The number of rotatable bonds is 8. The predicted octanol–water partition coefficient (Wildman–Crippen LogP) is 3.05. The molecular weight excluding hydrogens is 418 g/mol. The molecule has 0 bridgehead atoms. The summed E-state index contributed by atoms with van der Waals surface area (Å²) in [5.41, 5.74) is 1.63. The molecule has 0 aromatic heterocycles. The van der Waals surface area contributed by atoms with Crippen LogP contribution in [0.5, 0.6) is 0 Å². The second-order valence-corrected chi connectivity index (χ2v) is 11.5. The lowest BCUT2D eigenvalue weighted by atomic mass is 10.00. The first-order chi connectivity index (χ1) is 14.2. The summed E-state index contributed by atoms with van der Waals surface area (Å²) in [4.78, 5) is 40.9. The predicted molar refractivity (Wildman–Crippen MR) is 124 cm³/mol. The second-order valence-electron chi connectivity index (χ2n) is 8.76. The number of hydrogen-bond acceptors (Lipinski definition) is 5. The Morgan fingerprint density at radius 3 is 2.63 bits per heavy atom. The maximum atomic E-state index is 13.4. The van der Waals surface area contributed by atoms with Gasteiger partial charge in [0.05, 0.1) is 0 Å². The largest absolute Gasteiger partial charge is 0.354 e. The van der Waals surface area contributed by atoms with Crippen molar-refractivity contribution in [3.63, 3.8) is 0 Å². The van der Waals surface area contributed by atoms with Crippen LogP contribution < -0.4 is 10.6 Å². The number of fused-ring (bicyclic) bond motifs is 3. The van der Waals surface area contributed by atoms with Gasteiger partial charge in [-0.3, -0.25) is 14.4 Å². The molecule has 164 valence electrons. The number of nitrogens with zero attached hydrogens (tertiary/aromatic N) is 1. The van der Waals surface area contributed by atoms with Crippen LogP contribution in [0.4, 0.5) is 0 Å². The molecule has 6 nitrogen and oxygen atoms in total. The van der Waals surface area contributed by atoms with Gasteiger partial charge < -0.3 is 15.5 Å². The SMILES string of the molecule is CSCC[C@H](NC(=O)[C@H]1N2C(=O)c3ccccc3[C@H]2SC1(C)C)C(=O)NCC(C)C. The Hall–Kier alpha value is -1.67. The highest BCUT2D eigenvalue weighted by atomic mass is 32.2. The molecule has 3 amide bonds. The zero-order valence-corrected chi connectivity index (χ0v) is 19.9. The molecule has 0 spiro atoms. The number of hydrogen-bond donors (Lipinski definition) is 2. The minimum Gasteiger partial charge on any atom is -0.354 e. The highest BCUT2D eigenvalue weighted by Gasteiger charge is 2.57. The fourth-order valence-electron chi connectivity index (χ4n) is 3.99. The van der Waals surface area contributed by atoms with Crippen LogP contribution in [-0.2, 0) is 9.59 Å². The zero-order chi connectivity index (χ0) is 22.1. The molecule has 2 aliphatic heterocycles. The molecule has 0 saturated carbocycles. The smallest absolute Gasteiger partial charge is 0.256 e. The summed E-state index contributed by atoms with van der Waals surface area (Å²) in [7, 11) is 0. The Kier molecular flexibility index (Phi) is 7.07. The monoisotopic (exact) mass is 449 g/mol. The Morgan fingerprint density at radius 2 is 1.97 bits per heavy atom. The van der Waals surface area contributed by atoms with Crippen molar-refractivity contribution < 1.29 is 14.4 Å². The van der Waals surface area contributed by atoms with E-state index in [1.165, 1.54) is 0 Å². The number of nitrogens with one attached hydrogen (secondary N) is 2. The van der Waals surface area contributed by atoms with Crippen LogP contribution in [0.1, 0.15) is 55.4 Å². The molecule has 3 atom stereocenters. The van der Waals surface area contributed by atoms with Gasteiger partial charge in [0, 0.05) is 16.9 Å². The molecule has 30 heavy (non-hydrogen) atoms. The number of benzene rings is 1. The van der Waals surface area contributed by atoms with Crippen LogP contribution in [0.3, 0.4) is 0 Å². The summed E-state index contributed by atoms with van der Waals surface area (Å²) in [5, 5.41) is 5.72. The lowest BCUT2D eigenvalue weighted by molar-refractivity contribution is -0.131. The first-order valence-corrected chi connectivity index (χ1v) is 12.6. The first-order valence-electron chi connectivity index (χ1n) is 10.3. The van der Waals surface area contributed by atoms with E-state index in [9.17, 15) is 14.4 Å². The van der Waals surface area contributed by atoms with Gasteiger partial charge in [0.1, 0.15) is 17.5 Å². The average molecular weight is 450 g/mol. The van der Waals surface area contributed by atoms with Gasteiger partial charge in [0.25, 0.3) is 5.91 Å². The van der Waals surface area contributed by atoms with E-state index in [2.05, 4.69) is 10.6 Å². The first kappa shape index (κ1) is 23.0. The standard InChI is InChI=1S/C22H31N3O3S2/c1-13(2)12-23-18(26)16(10-11-29-5)24-19(27)17-22(3,4)30-21-15-9-7-6-8-14(15)20(28)25(17)21/h6-9,13,16-17,21H,10-12H2,1-5H3,(H,23,26)(H,24,27)/t16-,17+,21+/m0/s1. The fourth-order valence-corrected chi connectivity index (χ4v) is 6.05. The third-order valence-electron chi connectivity index (χ3n) is 5.47.